The Labute approximate surface area is 132 Å². The van der Waals surface area contributed by atoms with Crippen LogP contribution in [0.4, 0.5) is 0 Å². The second-order valence-electron chi connectivity index (χ2n) is 4.49. The van der Waals surface area contributed by atoms with Crippen molar-refractivity contribution in [3.8, 4) is 0 Å². The molecular weight excluding hydrogens is 334 g/mol. The normalized spacial score (nSPS) is 12.3. The summed E-state index contributed by atoms with van der Waals surface area (Å²) in [5.41, 5.74) is 1.22. The van der Waals surface area contributed by atoms with Crippen LogP contribution in [0.15, 0.2) is 51.2 Å². The van der Waals surface area contributed by atoms with Gasteiger partial charge in [0.1, 0.15) is 10.1 Å². The highest BCUT2D eigenvalue weighted by molar-refractivity contribution is 9.10. The fourth-order valence-corrected chi connectivity index (χ4v) is 2.96. The molecule has 0 fully saturated rings. The van der Waals surface area contributed by atoms with Gasteiger partial charge >= 0.3 is 0 Å². The van der Waals surface area contributed by atoms with E-state index >= 15 is 0 Å². The maximum absolute atomic E-state index is 4.50. The van der Waals surface area contributed by atoms with Crippen LogP contribution >= 0.6 is 27.7 Å². The topological polar surface area (TPSA) is 37.8 Å². The van der Waals surface area contributed by atoms with Gasteiger partial charge in [-0.25, -0.2) is 9.97 Å². The van der Waals surface area contributed by atoms with Crippen LogP contribution in [0.5, 0.6) is 0 Å². The highest BCUT2D eigenvalue weighted by atomic mass is 79.9. The maximum atomic E-state index is 4.50. The summed E-state index contributed by atoms with van der Waals surface area (Å²) < 4.78 is 0.987. The Morgan fingerprint density at radius 2 is 2.15 bits per heavy atom. The van der Waals surface area contributed by atoms with Crippen molar-refractivity contribution in [1.29, 1.82) is 0 Å². The molecule has 0 spiro atoms. The van der Waals surface area contributed by atoms with Crippen molar-refractivity contribution in [2.75, 3.05) is 6.54 Å². The predicted molar refractivity (Wildman–Crippen MR) is 87.0 cm³/mol. The van der Waals surface area contributed by atoms with Gasteiger partial charge in [-0.15, -0.1) is 0 Å². The third kappa shape index (κ3) is 4.30. The monoisotopic (exact) mass is 351 g/mol. The predicted octanol–water partition coefficient (Wildman–Crippen LogP) is 4.45. The van der Waals surface area contributed by atoms with E-state index < -0.39 is 0 Å². The summed E-state index contributed by atoms with van der Waals surface area (Å²) in [4.78, 5) is 8.89. The van der Waals surface area contributed by atoms with Gasteiger partial charge in [0, 0.05) is 28.5 Å². The van der Waals surface area contributed by atoms with Crippen LogP contribution < -0.4 is 5.32 Å². The van der Waals surface area contributed by atoms with Crippen molar-refractivity contribution in [3.05, 3.63) is 46.7 Å². The van der Waals surface area contributed by atoms with Gasteiger partial charge in [0.2, 0.25) is 0 Å². The lowest BCUT2D eigenvalue weighted by molar-refractivity contribution is 0.560. The second-order valence-corrected chi connectivity index (χ2v) is 6.42. The zero-order chi connectivity index (χ0) is 14.4. The summed E-state index contributed by atoms with van der Waals surface area (Å²) in [7, 11) is 0. The molecule has 0 amide bonds. The van der Waals surface area contributed by atoms with E-state index in [1.54, 1.807) is 11.8 Å². The fraction of sp³-hybridized carbons (Fsp3) is 0.333. The molecule has 20 heavy (non-hydrogen) atoms. The van der Waals surface area contributed by atoms with E-state index in [0.717, 1.165) is 27.5 Å². The Bertz CT molecular complexity index is 545. The lowest BCUT2D eigenvalue weighted by Crippen LogP contribution is -2.20. The number of rotatable bonds is 6. The first-order valence-electron chi connectivity index (χ1n) is 6.68. The summed E-state index contributed by atoms with van der Waals surface area (Å²) in [6.07, 6.45) is 4.77. The summed E-state index contributed by atoms with van der Waals surface area (Å²) in [5.74, 6) is 0. The van der Waals surface area contributed by atoms with Crippen molar-refractivity contribution in [2.24, 2.45) is 0 Å². The molecule has 106 valence electrons. The first-order chi connectivity index (χ1) is 9.70. The van der Waals surface area contributed by atoms with Crippen LogP contribution in [-0.2, 0) is 0 Å². The highest BCUT2D eigenvalue weighted by Crippen LogP contribution is 2.30. The second kappa shape index (κ2) is 7.76. The van der Waals surface area contributed by atoms with E-state index in [1.165, 1.54) is 5.56 Å². The van der Waals surface area contributed by atoms with Crippen molar-refractivity contribution in [3.63, 3.8) is 0 Å². The Balaban J connectivity index is 2.17. The van der Waals surface area contributed by atoms with E-state index in [9.17, 15) is 0 Å². The SMILES string of the molecule is CCCNC(C)c1cccnc1Sc1ccc(Br)cn1. The van der Waals surface area contributed by atoms with Gasteiger partial charge < -0.3 is 5.32 Å². The first kappa shape index (κ1) is 15.5. The third-order valence-electron chi connectivity index (χ3n) is 2.87. The molecule has 0 aliphatic heterocycles. The molecule has 0 aliphatic rings. The number of halogens is 1. The van der Waals surface area contributed by atoms with E-state index in [1.807, 2.05) is 30.6 Å². The van der Waals surface area contributed by atoms with Crippen LogP contribution in [0.1, 0.15) is 31.9 Å². The van der Waals surface area contributed by atoms with E-state index in [-0.39, 0.29) is 0 Å². The summed E-state index contributed by atoms with van der Waals surface area (Å²) in [6, 6.07) is 8.40. The summed E-state index contributed by atoms with van der Waals surface area (Å²) in [5, 5.41) is 5.47. The van der Waals surface area contributed by atoms with Crippen LogP contribution in [0.2, 0.25) is 0 Å². The summed E-state index contributed by atoms with van der Waals surface area (Å²) >= 11 is 5.00. The number of hydrogen-bond donors (Lipinski definition) is 1. The first-order valence-corrected chi connectivity index (χ1v) is 8.29. The van der Waals surface area contributed by atoms with Gasteiger partial charge in [0.05, 0.1) is 0 Å². The van der Waals surface area contributed by atoms with Gasteiger partial charge in [-0.1, -0.05) is 13.0 Å². The van der Waals surface area contributed by atoms with Crippen LogP contribution in [0, 0.1) is 0 Å². The molecule has 1 atom stereocenters. The number of hydrogen-bond acceptors (Lipinski definition) is 4. The molecule has 2 rings (SSSR count). The zero-order valence-corrected chi connectivity index (χ0v) is 14.0. The van der Waals surface area contributed by atoms with E-state index in [4.69, 9.17) is 0 Å². The molecule has 2 heterocycles. The maximum Gasteiger partial charge on any atom is 0.107 e. The molecule has 0 radical (unpaired) electrons. The minimum atomic E-state index is 0.293. The van der Waals surface area contributed by atoms with Crippen molar-refractivity contribution >= 4 is 27.7 Å². The molecule has 0 aliphatic carbocycles. The molecule has 3 nitrogen and oxygen atoms in total. The molecule has 0 aromatic carbocycles. The number of pyridine rings is 2. The van der Waals surface area contributed by atoms with Crippen molar-refractivity contribution < 1.29 is 0 Å². The molecule has 0 saturated heterocycles. The highest BCUT2D eigenvalue weighted by Gasteiger charge is 2.12. The molecule has 0 bridgehead atoms. The average molecular weight is 352 g/mol. The lowest BCUT2D eigenvalue weighted by Gasteiger charge is -2.16. The largest absolute Gasteiger partial charge is 0.310 e. The fourth-order valence-electron chi connectivity index (χ4n) is 1.81. The molecule has 2 aromatic rings. The molecule has 0 saturated carbocycles. The average Bonchev–Trinajstić information content (AvgIpc) is 2.48. The molecule has 1 N–H and O–H groups in total. The Hall–Kier alpha value is -0.910. The number of nitrogens with zero attached hydrogens (tertiary/aromatic N) is 2. The smallest absolute Gasteiger partial charge is 0.107 e. The lowest BCUT2D eigenvalue weighted by atomic mass is 10.1. The van der Waals surface area contributed by atoms with Crippen LogP contribution in [0.25, 0.3) is 0 Å². The number of nitrogens with one attached hydrogen (secondary N) is 1. The Kier molecular flexibility index (Phi) is 6.01. The van der Waals surface area contributed by atoms with Gasteiger partial charge in [-0.3, -0.25) is 0 Å². The minimum absolute atomic E-state index is 0.293. The van der Waals surface area contributed by atoms with E-state index in [0.29, 0.717) is 6.04 Å². The Morgan fingerprint density at radius 1 is 1.30 bits per heavy atom. The van der Waals surface area contributed by atoms with Crippen molar-refractivity contribution in [2.45, 2.75) is 36.4 Å². The molecular formula is C15H18BrN3S. The standard InChI is InChI=1S/C15H18BrN3S/c1-3-8-17-11(2)13-5-4-9-18-15(13)20-14-7-6-12(16)10-19-14/h4-7,9-11,17H,3,8H2,1-2H3. The number of aromatic nitrogens is 2. The van der Waals surface area contributed by atoms with Gasteiger partial charge in [0.15, 0.2) is 0 Å². The van der Waals surface area contributed by atoms with Gasteiger partial charge in [-0.2, -0.15) is 0 Å². The van der Waals surface area contributed by atoms with Crippen LogP contribution in [-0.4, -0.2) is 16.5 Å². The minimum Gasteiger partial charge on any atom is -0.310 e. The molecule has 2 aromatic heterocycles. The zero-order valence-electron chi connectivity index (χ0n) is 11.6. The molecule has 5 heteroatoms. The van der Waals surface area contributed by atoms with Gasteiger partial charge in [-0.05, 0) is 65.8 Å². The van der Waals surface area contributed by atoms with Gasteiger partial charge in [0.25, 0.3) is 0 Å². The third-order valence-corrected chi connectivity index (χ3v) is 4.32. The summed E-state index contributed by atoms with van der Waals surface area (Å²) in [6.45, 7) is 5.35. The molecule has 1 unspecified atom stereocenters. The quantitative estimate of drug-likeness (QED) is 0.834. The Morgan fingerprint density at radius 3 is 2.85 bits per heavy atom. The van der Waals surface area contributed by atoms with Crippen molar-refractivity contribution in [1.82, 2.24) is 15.3 Å². The van der Waals surface area contributed by atoms with Crippen LogP contribution in [0.3, 0.4) is 0 Å². The van der Waals surface area contributed by atoms with E-state index in [2.05, 4.69) is 51.1 Å².